The molecule has 3 N–H and O–H groups in total. The molecule has 1 aromatic carbocycles. The average Bonchev–Trinajstić information content (AvgIpc) is 2.58. The third kappa shape index (κ3) is 3.60. The summed E-state index contributed by atoms with van der Waals surface area (Å²) in [5.74, 6) is 0. The Bertz CT molecular complexity index is 367. The average molecular weight is 249 g/mol. The van der Waals surface area contributed by atoms with Gasteiger partial charge in [0.25, 0.3) is 0 Å². The van der Waals surface area contributed by atoms with E-state index in [2.05, 4.69) is 22.3 Å². The topological polar surface area (TPSA) is 41.3 Å². The number of rotatable bonds is 2. The lowest BCUT2D eigenvalue weighted by Gasteiger charge is -2.22. The highest BCUT2D eigenvalue weighted by Crippen LogP contribution is 2.21. The van der Waals surface area contributed by atoms with Crippen LogP contribution in [0.5, 0.6) is 0 Å². The van der Waals surface area contributed by atoms with Crippen LogP contribution in [0.3, 0.4) is 0 Å². The summed E-state index contributed by atoms with van der Waals surface area (Å²) in [6, 6.07) is 8.32. The number of thiocarbonyl (C=S) groups is 1. The highest BCUT2D eigenvalue weighted by Gasteiger charge is 2.09. The van der Waals surface area contributed by atoms with E-state index in [9.17, 15) is 0 Å². The van der Waals surface area contributed by atoms with Crippen LogP contribution in [0.4, 0.5) is 11.4 Å². The van der Waals surface area contributed by atoms with Crippen LogP contribution in [0, 0.1) is 0 Å². The molecule has 0 spiro atoms. The summed E-state index contributed by atoms with van der Waals surface area (Å²) in [6.45, 7) is 2.34. The Balaban J connectivity index is 2.03. The zero-order valence-electron chi connectivity index (χ0n) is 9.98. The maximum atomic E-state index is 5.44. The largest absolute Gasteiger partial charge is 0.376 e. The lowest BCUT2D eigenvalue weighted by Crippen LogP contribution is -2.24. The predicted molar refractivity (Wildman–Crippen MR) is 77.5 cm³/mol. The fourth-order valence-corrected chi connectivity index (χ4v) is 2.34. The Morgan fingerprint density at radius 3 is 2.18 bits per heavy atom. The summed E-state index contributed by atoms with van der Waals surface area (Å²) in [6.07, 6.45) is 5.31. The Labute approximate surface area is 108 Å². The first-order valence-corrected chi connectivity index (χ1v) is 6.58. The van der Waals surface area contributed by atoms with Crippen molar-refractivity contribution >= 4 is 28.7 Å². The van der Waals surface area contributed by atoms with Gasteiger partial charge in [-0.3, -0.25) is 0 Å². The summed E-state index contributed by atoms with van der Waals surface area (Å²) in [5.41, 5.74) is 7.68. The van der Waals surface area contributed by atoms with Gasteiger partial charge in [0.2, 0.25) is 0 Å². The minimum absolute atomic E-state index is 0.313. The Hall–Kier alpha value is -1.29. The maximum absolute atomic E-state index is 5.44. The van der Waals surface area contributed by atoms with Gasteiger partial charge in [-0.05, 0) is 49.3 Å². The highest BCUT2D eigenvalue weighted by atomic mass is 32.1. The van der Waals surface area contributed by atoms with Crippen molar-refractivity contribution in [2.24, 2.45) is 5.73 Å². The Morgan fingerprint density at radius 2 is 1.65 bits per heavy atom. The molecule has 0 saturated carbocycles. The number of benzene rings is 1. The summed E-state index contributed by atoms with van der Waals surface area (Å²) in [5, 5.41) is 3.25. The highest BCUT2D eigenvalue weighted by molar-refractivity contribution is 7.80. The molecule has 1 heterocycles. The molecule has 3 nitrogen and oxygen atoms in total. The van der Waals surface area contributed by atoms with Crippen molar-refractivity contribution in [1.82, 2.24) is 0 Å². The van der Waals surface area contributed by atoms with E-state index in [0.717, 1.165) is 5.69 Å². The molecular formula is C13H19N3S. The van der Waals surface area contributed by atoms with Crippen molar-refractivity contribution in [2.45, 2.75) is 25.7 Å². The lowest BCUT2D eigenvalue weighted by molar-refractivity contribution is 0.726. The van der Waals surface area contributed by atoms with E-state index < -0.39 is 0 Å². The second-order valence-electron chi connectivity index (χ2n) is 4.44. The smallest absolute Gasteiger partial charge is 0.168 e. The molecule has 0 bridgehead atoms. The molecule has 0 aromatic heterocycles. The number of hydrogen-bond donors (Lipinski definition) is 2. The van der Waals surface area contributed by atoms with Gasteiger partial charge in [-0.2, -0.15) is 0 Å². The van der Waals surface area contributed by atoms with Crippen molar-refractivity contribution in [3.63, 3.8) is 0 Å². The fraction of sp³-hybridized carbons (Fsp3) is 0.462. The molecular weight excluding hydrogens is 230 g/mol. The van der Waals surface area contributed by atoms with E-state index in [-0.39, 0.29) is 0 Å². The number of nitrogens with zero attached hydrogens (tertiary/aromatic N) is 1. The number of anilines is 2. The van der Waals surface area contributed by atoms with Gasteiger partial charge in [0.15, 0.2) is 5.11 Å². The van der Waals surface area contributed by atoms with Crippen LogP contribution < -0.4 is 16.0 Å². The Morgan fingerprint density at radius 1 is 1.06 bits per heavy atom. The third-order valence-electron chi connectivity index (χ3n) is 3.11. The first-order valence-electron chi connectivity index (χ1n) is 6.17. The van der Waals surface area contributed by atoms with Gasteiger partial charge in [-0.15, -0.1) is 0 Å². The molecule has 0 unspecified atom stereocenters. The maximum Gasteiger partial charge on any atom is 0.168 e. The normalized spacial score (nSPS) is 16.4. The predicted octanol–water partition coefficient (Wildman–Crippen LogP) is 2.72. The number of hydrogen-bond acceptors (Lipinski definition) is 2. The van der Waals surface area contributed by atoms with Crippen LogP contribution in [0.2, 0.25) is 0 Å². The molecule has 92 valence electrons. The monoisotopic (exact) mass is 249 g/mol. The SMILES string of the molecule is NC(=S)Nc1ccc(N2CCCCCC2)cc1. The van der Waals surface area contributed by atoms with E-state index in [0.29, 0.717) is 5.11 Å². The van der Waals surface area contributed by atoms with Gasteiger partial charge in [0.05, 0.1) is 0 Å². The van der Waals surface area contributed by atoms with Crippen molar-refractivity contribution < 1.29 is 0 Å². The van der Waals surface area contributed by atoms with Crippen LogP contribution in [-0.4, -0.2) is 18.2 Å². The van der Waals surface area contributed by atoms with E-state index in [1.807, 2.05) is 12.1 Å². The molecule has 1 aliphatic heterocycles. The van der Waals surface area contributed by atoms with Crippen LogP contribution in [-0.2, 0) is 0 Å². The van der Waals surface area contributed by atoms with Crippen molar-refractivity contribution in [1.29, 1.82) is 0 Å². The van der Waals surface area contributed by atoms with Crippen molar-refractivity contribution in [3.05, 3.63) is 24.3 Å². The quantitative estimate of drug-likeness (QED) is 0.791. The zero-order valence-corrected chi connectivity index (χ0v) is 10.8. The summed E-state index contributed by atoms with van der Waals surface area (Å²) >= 11 is 4.81. The molecule has 2 rings (SSSR count). The summed E-state index contributed by atoms with van der Waals surface area (Å²) in [4.78, 5) is 2.46. The van der Waals surface area contributed by atoms with Gasteiger partial charge in [-0.25, -0.2) is 0 Å². The molecule has 4 heteroatoms. The van der Waals surface area contributed by atoms with Gasteiger partial charge < -0.3 is 16.0 Å². The molecule has 1 aromatic rings. The van der Waals surface area contributed by atoms with E-state index in [1.54, 1.807) is 0 Å². The van der Waals surface area contributed by atoms with Crippen LogP contribution in [0.25, 0.3) is 0 Å². The van der Waals surface area contributed by atoms with Gasteiger partial charge in [0, 0.05) is 24.5 Å². The van der Waals surface area contributed by atoms with Crippen LogP contribution >= 0.6 is 12.2 Å². The van der Waals surface area contributed by atoms with Gasteiger partial charge >= 0.3 is 0 Å². The van der Waals surface area contributed by atoms with Crippen molar-refractivity contribution in [2.75, 3.05) is 23.3 Å². The molecule has 1 aliphatic rings. The van der Waals surface area contributed by atoms with E-state index >= 15 is 0 Å². The van der Waals surface area contributed by atoms with Gasteiger partial charge in [-0.1, -0.05) is 12.8 Å². The zero-order chi connectivity index (χ0) is 12.1. The van der Waals surface area contributed by atoms with Crippen molar-refractivity contribution in [3.8, 4) is 0 Å². The van der Waals surface area contributed by atoms with Crippen LogP contribution in [0.1, 0.15) is 25.7 Å². The minimum Gasteiger partial charge on any atom is -0.376 e. The minimum atomic E-state index is 0.313. The van der Waals surface area contributed by atoms with Crippen LogP contribution in [0.15, 0.2) is 24.3 Å². The molecule has 0 amide bonds. The standard InChI is InChI=1S/C13H19N3S/c14-13(17)15-11-5-7-12(8-6-11)16-9-3-1-2-4-10-16/h5-8H,1-4,9-10H2,(H3,14,15,17). The molecule has 1 fully saturated rings. The third-order valence-corrected chi connectivity index (χ3v) is 3.21. The molecule has 1 saturated heterocycles. The van der Waals surface area contributed by atoms with Gasteiger partial charge in [0.1, 0.15) is 0 Å². The molecule has 0 aliphatic carbocycles. The fourth-order valence-electron chi connectivity index (χ4n) is 2.23. The second kappa shape index (κ2) is 5.87. The Kier molecular flexibility index (Phi) is 4.20. The number of nitrogens with one attached hydrogen (secondary N) is 1. The molecule has 0 radical (unpaired) electrons. The molecule has 0 atom stereocenters. The lowest BCUT2D eigenvalue weighted by atomic mass is 10.2. The first kappa shape index (κ1) is 12.2. The second-order valence-corrected chi connectivity index (χ2v) is 4.88. The summed E-state index contributed by atoms with van der Waals surface area (Å²) < 4.78 is 0. The first-order chi connectivity index (χ1) is 8.25. The number of nitrogens with two attached hydrogens (primary N) is 1. The van der Waals surface area contributed by atoms with E-state index in [1.165, 1.54) is 44.5 Å². The summed E-state index contributed by atoms with van der Waals surface area (Å²) in [7, 11) is 0. The molecule has 17 heavy (non-hydrogen) atoms. The van der Waals surface area contributed by atoms with E-state index in [4.69, 9.17) is 18.0 Å².